The molecule has 3 rings (SSSR count). The van der Waals surface area contributed by atoms with E-state index in [1.807, 2.05) is 45.0 Å². The largest absolute Gasteiger partial charge is 0.450 e. The summed E-state index contributed by atoms with van der Waals surface area (Å²) in [5, 5.41) is 6.33. The Labute approximate surface area is 171 Å². The number of likely N-dealkylation sites (tertiary alicyclic amines) is 1. The number of aryl methyl sites for hydroxylation is 2. The van der Waals surface area contributed by atoms with Gasteiger partial charge in [0.1, 0.15) is 5.82 Å². The van der Waals surface area contributed by atoms with E-state index in [4.69, 9.17) is 4.74 Å². The summed E-state index contributed by atoms with van der Waals surface area (Å²) in [5.74, 6) is 0.545. The molecule has 1 aliphatic heterocycles. The van der Waals surface area contributed by atoms with Crippen molar-refractivity contribution in [2.45, 2.75) is 39.7 Å². The van der Waals surface area contributed by atoms with Crippen LogP contribution in [0.4, 0.5) is 16.3 Å². The van der Waals surface area contributed by atoms with E-state index in [0.717, 1.165) is 35.5 Å². The molecule has 1 saturated heterocycles. The molecule has 7 nitrogen and oxygen atoms in total. The van der Waals surface area contributed by atoms with Gasteiger partial charge in [-0.2, -0.15) is 0 Å². The first kappa shape index (κ1) is 20.6. The third kappa shape index (κ3) is 5.47. The normalized spacial score (nSPS) is 14.4. The Bertz CT molecular complexity index is 859. The lowest BCUT2D eigenvalue weighted by atomic mass is 10.1. The fraction of sp³-hybridized carbons (Fsp3) is 0.409. The van der Waals surface area contributed by atoms with Crippen LogP contribution in [0.1, 0.15) is 41.3 Å². The molecule has 0 unspecified atom stereocenters. The molecule has 2 amide bonds. The first-order valence-corrected chi connectivity index (χ1v) is 9.99. The van der Waals surface area contributed by atoms with Gasteiger partial charge in [-0.25, -0.2) is 9.78 Å². The highest BCUT2D eigenvalue weighted by Gasteiger charge is 2.23. The van der Waals surface area contributed by atoms with Crippen molar-refractivity contribution < 1.29 is 14.3 Å². The van der Waals surface area contributed by atoms with Crippen LogP contribution in [-0.2, 0) is 4.74 Å². The first-order chi connectivity index (χ1) is 14.0. The molecule has 29 heavy (non-hydrogen) atoms. The number of benzene rings is 1. The van der Waals surface area contributed by atoms with Crippen molar-refractivity contribution in [2.24, 2.45) is 0 Å². The van der Waals surface area contributed by atoms with Crippen LogP contribution in [0.3, 0.4) is 0 Å². The van der Waals surface area contributed by atoms with Crippen LogP contribution in [0.2, 0.25) is 0 Å². The lowest BCUT2D eigenvalue weighted by Gasteiger charge is -2.31. The predicted molar refractivity (Wildman–Crippen MR) is 113 cm³/mol. The number of hydrogen-bond donors (Lipinski definition) is 2. The molecule has 1 fully saturated rings. The van der Waals surface area contributed by atoms with Crippen LogP contribution in [-0.4, -0.2) is 47.6 Å². The average molecular weight is 396 g/mol. The monoisotopic (exact) mass is 396 g/mol. The minimum absolute atomic E-state index is 0.180. The quantitative estimate of drug-likeness (QED) is 0.799. The molecule has 2 heterocycles. The van der Waals surface area contributed by atoms with Gasteiger partial charge in [-0.05, 0) is 62.9 Å². The lowest BCUT2D eigenvalue weighted by Crippen LogP contribution is -2.42. The number of nitrogens with zero attached hydrogens (tertiary/aromatic N) is 2. The van der Waals surface area contributed by atoms with Gasteiger partial charge in [0.15, 0.2) is 0 Å². The zero-order chi connectivity index (χ0) is 20.8. The van der Waals surface area contributed by atoms with E-state index in [1.54, 1.807) is 17.2 Å². The molecular weight excluding hydrogens is 368 g/mol. The summed E-state index contributed by atoms with van der Waals surface area (Å²) >= 11 is 0. The van der Waals surface area contributed by atoms with Gasteiger partial charge in [-0.1, -0.05) is 12.1 Å². The third-order valence-corrected chi connectivity index (χ3v) is 5.04. The van der Waals surface area contributed by atoms with Crippen molar-refractivity contribution in [1.29, 1.82) is 0 Å². The van der Waals surface area contributed by atoms with Gasteiger partial charge in [0.2, 0.25) is 0 Å². The van der Waals surface area contributed by atoms with Gasteiger partial charge >= 0.3 is 6.09 Å². The summed E-state index contributed by atoms with van der Waals surface area (Å²) in [4.78, 5) is 30.4. The molecule has 2 aromatic rings. The molecule has 1 aromatic heterocycles. The van der Waals surface area contributed by atoms with E-state index in [9.17, 15) is 9.59 Å². The van der Waals surface area contributed by atoms with E-state index in [0.29, 0.717) is 25.3 Å². The van der Waals surface area contributed by atoms with E-state index in [-0.39, 0.29) is 18.0 Å². The Hall–Kier alpha value is -3.09. The first-order valence-electron chi connectivity index (χ1n) is 9.99. The molecular formula is C22H28N4O3. The summed E-state index contributed by atoms with van der Waals surface area (Å²) in [6, 6.07) is 9.79. The molecule has 0 atom stereocenters. The van der Waals surface area contributed by atoms with Crippen molar-refractivity contribution in [3.8, 4) is 0 Å². The minimum Gasteiger partial charge on any atom is -0.450 e. The second-order valence-corrected chi connectivity index (χ2v) is 7.31. The van der Waals surface area contributed by atoms with Crippen molar-refractivity contribution in [2.75, 3.05) is 30.3 Å². The second kappa shape index (κ2) is 9.41. The molecule has 0 radical (unpaired) electrons. The highest BCUT2D eigenvalue weighted by Crippen LogP contribution is 2.19. The number of aromatic nitrogens is 1. The zero-order valence-electron chi connectivity index (χ0n) is 17.2. The highest BCUT2D eigenvalue weighted by molar-refractivity contribution is 6.04. The Morgan fingerprint density at radius 2 is 1.93 bits per heavy atom. The molecule has 154 valence electrons. The number of nitrogens with one attached hydrogen (secondary N) is 2. The molecule has 7 heteroatoms. The highest BCUT2D eigenvalue weighted by atomic mass is 16.6. The summed E-state index contributed by atoms with van der Waals surface area (Å²) in [6.07, 6.45) is 2.99. The van der Waals surface area contributed by atoms with Gasteiger partial charge in [0, 0.05) is 31.0 Å². The number of hydrogen-bond acceptors (Lipinski definition) is 5. The molecule has 2 N–H and O–H groups in total. The van der Waals surface area contributed by atoms with Crippen LogP contribution in [0.15, 0.2) is 36.5 Å². The molecule has 0 spiro atoms. The van der Waals surface area contributed by atoms with Crippen LogP contribution in [0.25, 0.3) is 0 Å². The van der Waals surface area contributed by atoms with E-state index < -0.39 is 0 Å². The van der Waals surface area contributed by atoms with Crippen LogP contribution in [0.5, 0.6) is 0 Å². The number of amides is 2. The standard InChI is InChI=1S/C22H28N4O3/c1-4-29-22(28)26-11-9-18(10-12-26)24-20-8-7-17(14-23-20)21(27)25-19-13-15(2)5-6-16(19)3/h5-8,13-14,18H,4,9-12H2,1-3H3,(H,23,24)(H,25,27). The number of pyridine rings is 1. The number of carbonyl (C=O) groups excluding carboxylic acids is 2. The topological polar surface area (TPSA) is 83.6 Å². The van der Waals surface area contributed by atoms with Crippen molar-refractivity contribution in [3.05, 3.63) is 53.2 Å². The number of ether oxygens (including phenoxy) is 1. The van der Waals surface area contributed by atoms with Gasteiger partial charge < -0.3 is 20.3 Å². The fourth-order valence-corrected chi connectivity index (χ4v) is 3.31. The summed E-state index contributed by atoms with van der Waals surface area (Å²) in [6.45, 7) is 7.48. The Morgan fingerprint density at radius 3 is 2.59 bits per heavy atom. The van der Waals surface area contributed by atoms with Crippen molar-refractivity contribution in [1.82, 2.24) is 9.88 Å². The minimum atomic E-state index is -0.247. The van der Waals surface area contributed by atoms with Gasteiger partial charge in [0.25, 0.3) is 5.91 Å². The maximum Gasteiger partial charge on any atom is 0.409 e. The lowest BCUT2D eigenvalue weighted by molar-refractivity contribution is 0.0982. The predicted octanol–water partition coefficient (Wildman–Crippen LogP) is 3.98. The van der Waals surface area contributed by atoms with Gasteiger partial charge in [0.05, 0.1) is 12.2 Å². The van der Waals surface area contributed by atoms with Crippen LogP contribution in [0, 0.1) is 13.8 Å². The number of carbonyl (C=O) groups is 2. The van der Waals surface area contributed by atoms with E-state index in [2.05, 4.69) is 15.6 Å². The smallest absolute Gasteiger partial charge is 0.409 e. The second-order valence-electron chi connectivity index (χ2n) is 7.31. The third-order valence-electron chi connectivity index (χ3n) is 5.04. The maximum absolute atomic E-state index is 12.5. The van der Waals surface area contributed by atoms with E-state index in [1.165, 1.54) is 0 Å². The van der Waals surface area contributed by atoms with Crippen molar-refractivity contribution in [3.63, 3.8) is 0 Å². The Balaban J connectivity index is 1.53. The number of piperidine rings is 1. The Morgan fingerprint density at radius 1 is 1.17 bits per heavy atom. The molecule has 0 bridgehead atoms. The van der Waals surface area contributed by atoms with Gasteiger partial charge in [-0.3, -0.25) is 4.79 Å². The summed E-state index contributed by atoms with van der Waals surface area (Å²) in [7, 11) is 0. The molecule has 1 aliphatic rings. The maximum atomic E-state index is 12.5. The SMILES string of the molecule is CCOC(=O)N1CCC(Nc2ccc(C(=O)Nc3cc(C)ccc3C)cn2)CC1. The average Bonchev–Trinajstić information content (AvgIpc) is 2.72. The number of rotatable bonds is 5. The van der Waals surface area contributed by atoms with Crippen molar-refractivity contribution >= 4 is 23.5 Å². The van der Waals surface area contributed by atoms with E-state index >= 15 is 0 Å². The van der Waals surface area contributed by atoms with Crippen LogP contribution >= 0.6 is 0 Å². The van der Waals surface area contributed by atoms with Crippen LogP contribution < -0.4 is 10.6 Å². The van der Waals surface area contributed by atoms with Gasteiger partial charge in [-0.15, -0.1) is 0 Å². The summed E-state index contributed by atoms with van der Waals surface area (Å²) in [5.41, 5.74) is 3.43. The number of anilines is 2. The Kier molecular flexibility index (Phi) is 6.69. The summed E-state index contributed by atoms with van der Waals surface area (Å²) < 4.78 is 5.04. The fourth-order valence-electron chi connectivity index (χ4n) is 3.31. The zero-order valence-corrected chi connectivity index (χ0v) is 17.2. The molecule has 0 aliphatic carbocycles. The molecule has 1 aromatic carbocycles. The molecule has 0 saturated carbocycles.